The molecular weight excluding hydrogens is 222 g/mol. The van der Waals surface area contributed by atoms with Gasteiger partial charge in [-0.3, -0.25) is 0 Å². The fraction of sp³-hybridized carbons (Fsp3) is 1.00. The van der Waals surface area contributed by atoms with Gasteiger partial charge in [-0.15, -0.1) is 0 Å². The minimum Gasteiger partial charge on any atom is -0.373 e. The van der Waals surface area contributed by atoms with Gasteiger partial charge in [0, 0.05) is 6.42 Å². The second kappa shape index (κ2) is 8.92. The Balaban J connectivity index is 2.49. The second-order valence-corrected chi connectivity index (χ2v) is 6.04. The zero-order valence-electron chi connectivity index (χ0n) is 12.9. The van der Waals surface area contributed by atoms with Crippen molar-refractivity contribution in [2.75, 3.05) is 32.8 Å². The monoisotopic (exact) mass is 256 g/mol. The van der Waals surface area contributed by atoms with Gasteiger partial charge in [0.2, 0.25) is 0 Å². The van der Waals surface area contributed by atoms with E-state index in [4.69, 9.17) is 4.74 Å². The van der Waals surface area contributed by atoms with Gasteiger partial charge in [0.05, 0.1) is 38.9 Å². The molecule has 0 bridgehead atoms. The summed E-state index contributed by atoms with van der Waals surface area (Å²) in [5.74, 6) is 0. The van der Waals surface area contributed by atoms with E-state index in [0.29, 0.717) is 6.10 Å². The van der Waals surface area contributed by atoms with Crippen LogP contribution in [0.5, 0.6) is 0 Å². The number of hydrogen-bond acceptors (Lipinski definition) is 1. The molecule has 1 heterocycles. The quantitative estimate of drug-likeness (QED) is 0.380. The average Bonchev–Trinajstić information content (AvgIpc) is 3.21. The van der Waals surface area contributed by atoms with Crippen molar-refractivity contribution in [2.24, 2.45) is 0 Å². The molecule has 0 aromatic carbocycles. The van der Waals surface area contributed by atoms with Gasteiger partial charge in [-0.05, 0) is 19.3 Å². The predicted molar refractivity (Wildman–Crippen MR) is 78.8 cm³/mol. The summed E-state index contributed by atoms with van der Waals surface area (Å²) in [6.07, 6.45) is 10.1. The Kier molecular flexibility index (Phi) is 7.92. The number of hydrogen-bond donors (Lipinski definition) is 0. The summed E-state index contributed by atoms with van der Waals surface area (Å²) in [5, 5.41) is 0. The summed E-state index contributed by atoms with van der Waals surface area (Å²) in [5.41, 5.74) is 0. The summed E-state index contributed by atoms with van der Waals surface area (Å²) in [7, 11) is 0. The number of ether oxygens (including phenoxy) is 1. The molecule has 1 saturated heterocycles. The van der Waals surface area contributed by atoms with E-state index in [1.165, 1.54) is 75.6 Å². The van der Waals surface area contributed by atoms with Crippen LogP contribution in [0.1, 0.15) is 65.7 Å². The van der Waals surface area contributed by atoms with Crippen LogP contribution in [-0.4, -0.2) is 43.4 Å². The largest absolute Gasteiger partial charge is 0.373 e. The van der Waals surface area contributed by atoms with Crippen LogP contribution in [0.4, 0.5) is 0 Å². The Labute approximate surface area is 114 Å². The summed E-state index contributed by atoms with van der Waals surface area (Å²) < 4.78 is 6.78. The minimum absolute atomic E-state index is 0.604. The summed E-state index contributed by atoms with van der Waals surface area (Å²) in [6, 6.07) is 0. The lowest BCUT2D eigenvalue weighted by molar-refractivity contribution is -0.929. The Morgan fingerprint density at radius 1 is 0.833 bits per heavy atom. The number of nitrogens with zero attached hydrogens (tertiary/aromatic N) is 1. The van der Waals surface area contributed by atoms with Crippen molar-refractivity contribution in [2.45, 2.75) is 71.8 Å². The molecule has 0 radical (unpaired) electrons. The van der Waals surface area contributed by atoms with E-state index >= 15 is 0 Å². The zero-order chi connectivity index (χ0) is 13.3. The molecular formula is C16H34NO+. The number of quaternary nitrogens is 1. The molecule has 18 heavy (non-hydrogen) atoms. The van der Waals surface area contributed by atoms with Crippen LogP contribution in [0.3, 0.4) is 0 Å². The SMILES string of the molecule is CCCC[N+](CCCC)(CCCC)CCC1CO1. The minimum atomic E-state index is 0.604. The fourth-order valence-corrected chi connectivity index (χ4v) is 2.80. The predicted octanol–water partition coefficient (Wildman–Crippen LogP) is 3.99. The first kappa shape index (κ1) is 16.0. The van der Waals surface area contributed by atoms with E-state index in [2.05, 4.69) is 20.8 Å². The summed E-state index contributed by atoms with van der Waals surface area (Å²) in [6.45, 7) is 13.5. The van der Waals surface area contributed by atoms with Gasteiger partial charge in [-0.2, -0.15) is 0 Å². The molecule has 2 nitrogen and oxygen atoms in total. The first-order chi connectivity index (χ1) is 8.76. The highest BCUT2D eigenvalue weighted by Crippen LogP contribution is 2.20. The maximum atomic E-state index is 5.41. The van der Waals surface area contributed by atoms with Crippen LogP contribution in [0, 0.1) is 0 Å². The normalized spacial score (nSPS) is 19.2. The lowest BCUT2D eigenvalue weighted by Gasteiger charge is -2.39. The van der Waals surface area contributed by atoms with Crippen molar-refractivity contribution in [3.8, 4) is 0 Å². The number of unbranched alkanes of at least 4 members (excludes halogenated alkanes) is 3. The molecule has 1 unspecified atom stereocenters. The van der Waals surface area contributed by atoms with Crippen molar-refractivity contribution < 1.29 is 9.22 Å². The van der Waals surface area contributed by atoms with Gasteiger partial charge in [0.1, 0.15) is 0 Å². The van der Waals surface area contributed by atoms with Crippen LogP contribution >= 0.6 is 0 Å². The molecule has 0 amide bonds. The van der Waals surface area contributed by atoms with Crippen LogP contribution in [0.15, 0.2) is 0 Å². The maximum Gasteiger partial charge on any atom is 0.0863 e. The molecule has 0 saturated carbocycles. The number of epoxide rings is 1. The molecule has 108 valence electrons. The number of rotatable bonds is 12. The van der Waals surface area contributed by atoms with E-state index < -0.39 is 0 Å². The van der Waals surface area contributed by atoms with Crippen LogP contribution < -0.4 is 0 Å². The third kappa shape index (κ3) is 6.19. The van der Waals surface area contributed by atoms with Gasteiger partial charge in [0.15, 0.2) is 0 Å². The van der Waals surface area contributed by atoms with E-state index in [9.17, 15) is 0 Å². The molecule has 0 aromatic rings. The smallest absolute Gasteiger partial charge is 0.0863 e. The molecule has 1 aliphatic heterocycles. The van der Waals surface area contributed by atoms with E-state index in [-0.39, 0.29) is 0 Å². The topological polar surface area (TPSA) is 12.5 Å². The molecule has 0 aliphatic carbocycles. The van der Waals surface area contributed by atoms with E-state index in [0.717, 1.165) is 6.61 Å². The van der Waals surface area contributed by atoms with Gasteiger partial charge < -0.3 is 9.22 Å². The first-order valence-corrected chi connectivity index (χ1v) is 8.23. The first-order valence-electron chi connectivity index (χ1n) is 8.23. The maximum absolute atomic E-state index is 5.41. The van der Waals surface area contributed by atoms with Gasteiger partial charge in [0.25, 0.3) is 0 Å². The van der Waals surface area contributed by atoms with Crippen molar-refractivity contribution in [3.63, 3.8) is 0 Å². The van der Waals surface area contributed by atoms with Crippen molar-refractivity contribution in [1.29, 1.82) is 0 Å². The third-order valence-corrected chi connectivity index (χ3v) is 4.29. The lowest BCUT2D eigenvalue weighted by Crippen LogP contribution is -2.51. The van der Waals surface area contributed by atoms with Crippen molar-refractivity contribution >= 4 is 0 Å². The second-order valence-electron chi connectivity index (χ2n) is 6.04. The highest BCUT2D eigenvalue weighted by atomic mass is 16.6. The standard InChI is InChI=1S/C16H34NO/c1-4-7-11-17(12-8-5-2,13-9-6-3)14-10-16-15-18-16/h16H,4-15H2,1-3H3/q+1. The van der Waals surface area contributed by atoms with Crippen molar-refractivity contribution in [3.05, 3.63) is 0 Å². The van der Waals surface area contributed by atoms with Gasteiger partial charge in [-0.1, -0.05) is 40.0 Å². The molecule has 0 N–H and O–H groups in total. The Morgan fingerprint density at radius 3 is 1.61 bits per heavy atom. The van der Waals surface area contributed by atoms with Gasteiger partial charge >= 0.3 is 0 Å². The van der Waals surface area contributed by atoms with Crippen LogP contribution in [0.2, 0.25) is 0 Å². The van der Waals surface area contributed by atoms with Crippen molar-refractivity contribution in [1.82, 2.24) is 0 Å². The third-order valence-electron chi connectivity index (χ3n) is 4.29. The highest BCUT2D eigenvalue weighted by Gasteiger charge is 2.30. The average molecular weight is 256 g/mol. The molecule has 0 aromatic heterocycles. The zero-order valence-corrected chi connectivity index (χ0v) is 12.9. The highest BCUT2D eigenvalue weighted by molar-refractivity contribution is 4.68. The van der Waals surface area contributed by atoms with E-state index in [1.54, 1.807) is 0 Å². The van der Waals surface area contributed by atoms with Crippen LogP contribution in [0.25, 0.3) is 0 Å². The Bertz CT molecular complexity index is 179. The van der Waals surface area contributed by atoms with E-state index in [1.807, 2.05) is 0 Å². The molecule has 0 spiro atoms. The van der Waals surface area contributed by atoms with Gasteiger partial charge in [-0.25, -0.2) is 0 Å². The molecule has 1 rings (SSSR count). The Hall–Kier alpha value is -0.0800. The summed E-state index contributed by atoms with van der Waals surface area (Å²) >= 11 is 0. The van der Waals surface area contributed by atoms with Crippen LogP contribution in [-0.2, 0) is 4.74 Å². The lowest BCUT2D eigenvalue weighted by atomic mass is 10.1. The molecule has 1 aliphatic rings. The summed E-state index contributed by atoms with van der Waals surface area (Å²) in [4.78, 5) is 0. The fourth-order valence-electron chi connectivity index (χ4n) is 2.80. The Morgan fingerprint density at radius 2 is 1.28 bits per heavy atom. The molecule has 2 heteroatoms. The molecule has 1 fully saturated rings. The molecule has 1 atom stereocenters.